The molecule has 1 unspecified atom stereocenters. The summed E-state index contributed by atoms with van der Waals surface area (Å²) in [6, 6.07) is 0. The Morgan fingerprint density at radius 3 is 1.88 bits per heavy atom. The lowest BCUT2D eigenvalue weighted by Gasteiger charge is -2.31. The van der Waals surface area contributed by atoms with Crippen molar-refractivity contribution >= 4 is 7.12 Å². The smallest absolute Gasteiger partial charge is 0.427 e. The van der Waals surface area contributed by atoms with Crippen LogP contribution in [-0.4, -0.2) is 17.2 Å². The van der Waals surface area contributed by atoms with Gasteiger partial charge in [0.2, 0.25) is 0 Å². The second-order valence-corrected chi connectivity index (χ2v) is 5.44. The summed E-state index contributed by atoms with van der Waals surface area (Å²) < 4.78 is 0. The summed E-state index contributed by atoms with van der Waals surface area (Å²) in [6.07, 6.45) is 9.02. The van der Waals surface area contributed by atoms with E-state index in [1.807, 2.05) is 0 Å². The molecule has 0 saturated heterocycles. The quantitative estimate of drug-likeness (QED) is 0.571. The molecule has 2 N–H and O–H groups in total. The lowest BCUT2D eigenvalue weighted by Crippen LogP contribution is -2.19. The monoisotopic (exact) mass is 242 g/mol. The lowest BCUT2D eigenvalue weighted by molar-refractivity contribution is 0.215. The van der Waals surface area contributed by atoms with Crippen LogP contribution in [0, 0.1) is 11.3 Å². The Kier molecular flexibility index (Phi) is 8.98. The summed E-state index contributed by atoms with van der Waals surface area (Å²) in [7, 11) is -1.13. The molecule has 102 valence electrons. The highest BCUT2D eigenvalue weighted by Crippen LogP contribution is 2.36. The van der Waals surface area contributed by atoms with Gasteiger partial charge in [-0.25, -0.2) is 0 Å². The van der Waals surface area contributed by atoms with Crippen molar-refractivity contribution in [2.24, 2.45) is 11.3 Å². The third-order valence-corrected chi connectivity index (χ3v) is 4.69. The maximum absolute atomic E-state index is 9.01. The molecule has 0 heterocycles. The minimum Gasteiger partial charge on any atom is -0.427 e. The van der Waals surface area contributed by atoms with Gasteiger partial charge in [-0.2, -0.15) is 0 Å². The molecule has 0 rings (SSSR count). The Morgan fingerprint density at radius 1 is 1.00 bits per heavy atom. The molecule has 2 nitrogen and oxygen atoms in total. The Labute approximate surface area is 108 Å². The van der Waals surface area contributed by atoms with E-state index >= 15 is 0 Å². The normalized spacial score (nSPS) is 13.8. The largest absolute Gasteiger partial charge is 0.451 e. The van der Waals surface area contributed by atoms with Crippen molar-refractivity contribution in [3.05, 3.63) is 0 Å². The summed E-state index contributed by atoms with van der Waals surface area (Å²) in [6.45, 7) is 9.02. The Morgan fingerprint density at radius 2 is 1.53 bits per heavy atom. The Balaban J connectivity index is 4.01. The van der Waals surface area contributed by atoms with Gasteiger partial charge in [0.25, 0.3) is 0 Å². The van der Waals surface area contributed by atoms with E-state index in [0.29, 0.717) is 17.7 Å². The van der Waals surface area contributed by atoms with Crippen molar-refractivity contribution in [2.45, 2.75) is 79.0 Å². The minimum atomic E-state index is -1.13. The van der Waals surface area contributed by atoms with Crippen molar-refractivity contribution in [1.29, 1.82) is 0 Å². The molecule has 0 aliphatic rings. The number of rotatable bonds is 10. The molecule has 0 fully saturated rings. The lowest BCUT2D eigenvalue weighted by atomic mass is 9.72. The average Bonchev–Trinajstić information content (AvgIpc) is 2.33. The van der Waals surface area contributed by atoms with Crippen molar-refractivity contribution < 1.29 is 10.0 Å². The number of hydrogen-bond donors (Lipinski definition) is 2. The van der Waals surface area contributed by atoms with E-state index in [0.717, 1.165) is 12.8 Å². The second-order valence-electron chi connectivity index (χ2n) is 5.44. The molecule has 0 aromatic carbocycles. The molecule has 0 amide bonds. The number of hydrogen-bond acceptors (Lipinski definition) is 2. The third kappa shape index (κ3) is 6.47. The molecule has 17 heavy (non-hydrogen) atoms. The molecule has 3 heteroatoms. The van der Waals surface area contributed by atoms with E-state index in [-0.39, 0.29) is 0 Å². The summed E-state index contributed by atoms with van der Waals surface area (Å²) in [5.74, 6) is 0.471. The van der Waals surface area contributed by atoms with Crippen molar-refractivity contribution in [3.63, 3.8) is 0 Å². The summed E-state index contributed by atoms with van der Waals surface area (Å²) in [5.41, 5.74) is 0.524. The molecule has 0 aliphatic carbocycles. The zero-order chi connectivity index (χ0) is 13.3. The zero-order valence-electron chi connectivity index (χ0n) is 12.2. The van der Waals surface area contributed by atoms with Gasteiger partial charge < -0.3 is 10.0 Å². The Hall–Kier alpha value is -0.0151. The van der Waals surface area contributed by atoms with E-state index in [4.69, 9.17) is 10.0 Å². The summed E-state index contributed by atoms with van der Waals surface area (Å²) in [4.78, 5) is 0. The predicted molar refractivity (Wildman–Crippen MR) is 75.9 cm³/mol. The van der Waals surface area contributed by atoms with E-state index in [9.17, 15) is 0 Å². The van der Waals surface area contributed by atoms with Gasteiger partial charge in [0.1, 0.15) is 0 Å². The zero-order valence-corrected chi connectivity index (χ0v) is 12.2. The van der Waals surface area contributed by atoms with Gasteiger partial charge in [0.15, 0.2) is 0 Å². The van der Waals surface area contributed by atoms with E-state index in [1.165, 1.54) is 32.1 Å². The van der Waals surface area contributed by atoms with Crippen LogP contribution in [-0.2, 0) is 0 Å². The van der Waals surface area contributed by atoms with Crippen LogP contribution in [0.25, 0.3) is 0 Å². The van der Waals surface area contributed by atoms with Gasteiger partial charge in [-0.1, -0.05) is 66.2 Å². The molecule has 0 saturated carbocycles. The highest BCUT2D eigenvalue weighted by Gasteiger charge is 2.24. The van der Waals surface area contributed by atoms with Crippen molar-refractivity contribution in [2.75, 3.05) is 0 Å². The van der Waals surface area contributed by atoms with Gasteiger partial charge >= 0.3 is 7.12 Å². The second kappa shape index (κ2) is 8.99. The van der Waals surface area contributed by atoms with Gasteiger partial charge in [0.05, 0.1) is 0 Å². The Bertz CT molecular complexity index is 171. The first-order valence-electron chi connectivity index (χ1n) is 7.39. The average molecular weight is 242 g/mol. The molecule has 0 radical (unpaired) electrons. The topological polar surface area (TPSA) is 40.5 Å². The van der Waals surface area contributed by atoms with Gasteiger partial charge in [-0.15, -0.1) is 0 Å². The standard InChI is InChI=1S/C14H31BO2/c1-5-13(12-15(16)17)10-9-11-14(6-2,7-3)8-4/h13,16-17H,5-12H2,1-4H3. The SMILES string of the molecule is CCC(CCCC(CC)(CC)CC)CB(O)O. The van der Waals surface area contributed by atoms with E-state index in [2.05, 4.69) is 27.7 Å². The maximum Gasteiger partial charge on any atom is 0.451 e. The highest BCUT2D eigenvalue weighted by atomic mass is 16.4. The van der Waals surface area contributed by atoms with Crippen molar-refractivity contribution in [3.8, 4) is 0 Å². The summed E-state index contributed by atoms with van der Waals surface area (Å²) >= 11 is 0. The van der Waals surface area contributed by atoms with Crippen LogP contribution < -0.4 is 0 Å². The van der Waals surface area contributed by atoms with E-state index in [1.54, 1.807) is 0 Å². The van der Waals surface area contributed by atoms with Crippen LogP contribution in [0.3, 0.4) is 0 Å². The van der Waals surface area contributed by atoms with Crippen LogP contribution in [0.5, 0.6) is 0 Å². The van der Waals surface area contributed by atoms with Crippen LogP contribution in [0.2, 0.25) is 6.32 Å². The van der Waals surface area contributed by atoms with Crippen LogP contribution >= 0.6 is 0 Å². The fourth-order valence-corrected chi connectivity index (χ4v) is 2.83. The molecule has 1 atom stereocenters. The van der Waals surface area contributed by atoms with E-state index < -0.39 is 7.12 Å². The molecule has 0 aromatic rings. The minimum absolute atomic E-state index is 0.471. The van der Waals surface area contributed by atoms with Crippen LogP contribution in [0.4, 0.5) is 0 Å². The summed E-state index contributed by atoms with van der Waals surface area (Å²) in [5, 5.41) is 18.0. The molecular weight excluding hydrogens is 211 g/mol. The highest BCUT2D eigenvalue weighted by molar-refractivity contribution is 6.41. The van der Waals surface area contributed by atoms with Crippen LogP contribution in [0.1, 0.15) is 72.6 Å². The molecular formula is C14H31BO2. The molecule has 0 bridgehead atoms. The molecule has 0 spiro atoms. The fraction of sp³-hybridized carbons (Fsp3) is 1.00. The first-order valence-corrected chi connectivity index (χ1v) is 7.39. The first kappa shape index (κ1) is 17.0. The molecule has 0 aliphatic heterocycles. The van der Waals surface area contributed by atoms with Crippen LogP contribution in [0.15, 0.2) is 0 Å². The third-order valence-electron chi connectivity index (χ3n) is 4.69. The predicted octanol–water partition coefficient (Wildman–Crippen LogP) is 3.87. The maximum atomic E-state index is 9.01. The fourth-order valence-electron chi connectivity index (χ4n) is 2.83. The van der Waals surface area contributed by atoms with Gasteiger partial charge in [-0.3, -0.25) is 0 Å². The van der Waals surface area contributed by atoms with Gasteiger partial charge in [0, 0.05) is 0 Å². The first-order chi connectivity index (χ1) is 8.03. The molecule has 0 aromatic heterocycles. The van der Waals surface area contributed by atoms with Gasteiger partial charge in [-0.05, 0) is 24.1 Å². The van der Waals surface area contributed by atoms with Crippen molar-refractivity contribution in [1.82, 2.24) is 0 Å².